The van der Waals surface area contributed by atoms with Gasteiger partial charge in [0.1, 0.15) is 6.10 Å². The molecule has 0 radical (unpaired) electrons. The van der Waals surface area contributed by atoms with Crippen molar-refractivity contribution in [2.45, 2.75) is 12.5 Å². The Morgan fingerprint density at radius 3 is 3.07 bits per heavy atom. The average molecular weight is 194 g/mol. The SMILES string of the molecule is C#CCNC(=O)OC1CN2CCC1C2. The van der Waals surface area contributed by atoms with Gasteiger partial charge in [0.05, 0.1) is 6.54 Å². The Bertz CT molecular complexity index is 272. The van der Waals surface area contributed by atoms with Gasteiger partial charge in [0, 0.05) is 19.0 Å². The molecule has 2 fully saturated rings. The molecule has 1 amide bonds. The molecule has 2 aliphatic rings. The van der Waals surface area contributed by atoms with Crippen LogP contribution in [0.5, 0.6) is 0 Å². The summed E-state index contributed by atoms with van der Waals surface area (Å²) in [6, 6.07) is 0. The number of fused-ring (bicyclic) bond motifs is 2. The first-order valence-electron chi connectivity index (χ1n) is 4.90. The van der Waals surface area contributed by atoms with Gasteiger partial charge in [0.15, 0.2) is 0 Å². The first-order chi connectivity index (χ1) is 6.79. The van der Waals surface area contributed by atoms with E-state index < -0.39 is 0 Å². The number of hydrogen-bond acceptors (Lipinski definition) is 3. The molecule has 0 saturated carbocycles. The van der Waals surface area contributed by atoms with E-state index in [0.29, 0.717) is 5.92 Å². The van der Waals surface area contributed by atoms with Crippen LogP contribution in [-0.4, -0.2) is 43.3 Å². The number of amides is 1. The highest BCUT2D eigenvalue weighted by Gasteiger charge is 2.40. The number of nitrogens with zero attached hydrogens (tertiary/aromatic N) is 1. The van der Waals surface area contributed by atoms with E-state index in [9.17, 15) is 4.79 Å². The van der Waals surface area contributed by atoms with Crippen LogP contribution in [0.25, 0.3) is 0 Å². The van der Waals surface area contributed by atoms with Crippen molar-refractivity contribution in [2.24, 2.45) is 5.92 Å². The second-order valence-corrected chi connectivity index (χ2v) is 3.81. The quantitative estimate of drug-likeness (QED) is 0.631. The maximum absolute atomic E-state index is 11.2. The lowest BCUT2D eigenvalue weighted by atomic mass is 10.0. The van der Waals surface area contributed by atoms with Crippen LogP contribution in [0.4, 0.5) is 4.79 Å². The summed E-state index contributed by atoms with van der Waals surface area (Å²) in [7, 11) is 0. The van der Waals surface area contributed by atoms with Gasteiger partial charge in [-0.05, 0) is 13.0 Å². The highest BCUT2D eigenvalue weighted by atomic mass is 16.6. The van der Waals surface area contributed by atoms with Gasteiger partial charge < -0.3 is 10.1 Å². The summed E-state index contributed by atoms with van der Waals surface area (Å²) in [4.78, 5) is 13.5. The lowest BCUT2D eigenvalue weighted by Gasteiger charge is -2.21. The summed E-state index contributed by atoms with van der Waals surface area (Å²) < 4.78 is 5.26. The highest BCUT2D eigenvalue weighted by Crippen LogP contribution is 2.29. The van der Waals surface area contributed by atoms with Crippen LogP contribution in [-0.2, 0) is 4.74 Å². The van der Waals surface area contributed by atoms with Gasteiger partial charge >= 0.3 is 6.09 Å². The fourth-order valence-electron chi connectivity index (χ4n) is 2.17. The van der Waals surface area contributed by atoms with Crippen molar-refractivity contribution >= 4 is 6.09 Å². The Labute approximate surface area is 83.6 Å². The van der Waals surface area contributed by atoms with E-state index in [1.165, 1.54) is 0 Å². The van der Waals surface area contributed by atoms with Crippen molar-refractivity contribution in [1.29, 1.82) is 0 Å². The average Bonchev–Trinajstić information content (AvgIpc) is 2.76. The normalized spacial score (nSPS) is 33.8. The highest BCUT2D eigenvalue weighted by molar-refractivity contribution is 5.67. The molecule has 2 saturated heterocycles. The first kappa shape index (κ1) is 9.35. The Balaban J connectivity index is 1.76. The lowest BCUT2D eigenvalue weighted by Crippen LogP contribution is -2.36. The first-order valence-corrected chi connectivity index (χ1v) is 4.90. The van der Waals surface area contributed by atoms with Crippen LogP contribution in [0.1, 0.15) is 6.42 Å². The molecule has 4 nitrogen and oxygen atoms in total. The third kappa shape index (κ3) is 1.83. The zero-order valence-corrected chi connectivity index (χ0v) is 8.03. The summed E-state index contributed by atoms with van der Waals surface area (Å²) >= 11 is 0. The predicted octanol–water partition coefficient (Wildman–Crippen LogP) is 0.0499. The van der Waals surface area contributed by atoms with Gasteiger partial charge in [-0.1, -0.05) is 5.92 Å². The number of alkyl carbamates (subject to hydrolysis) is 1. The van der Waals surface area contributed by atoms with Gasteiger partial charge in [-0.3, -0.25) is 4.90 Å². The Morgan fingerprint density at radius 1 is 1.64 bits per heavy atom. The molecule has 4 heteroatoms. The largest absolute Gasteiger partial charge is 0.445 e. The number of carbonyl (C=O) groups is 1. The lowest BCUT2D eigenvalue weighted by molar-refractivity contribution is 0.0696. The summed E-state index contributed by atoms with van der Waals surface area (Å²) in [5.74, 6) is 2.87. The molecule has 3 unspecified atom stereocenters. The van der Waals surface area contributed by atoms with Gasteiger partial charge in [-0.25, -0.2) is 4.79 Å². The molecular weight excluding hydrogens is 180 g/mol. The monoisotopic (exact) mass is 194 g/mol. The second-order valence-electron chi connectivity index (χ2n) is 3.81. The van der Waals surface area contributed by atoms with Crippen LogP contribution < -0.4 is 5.32 Å². The summed E-state index contributed by atoms with van der Waals surface area (Å²) in [5, 5.41) is 2.50. The van der Waals surface area contributed by atoms with Crippen LogP contribution in [0.2, 0.25) is 0 Å². The fourth-order valence-corrected chi connectivity index (χ4v) is 2.17. The molecule has 1 N–H and O–H groups in total. The third-order valence-electron chi connectivity index (χ3n) is 2.87. The van der Waals surface area contributed by atoms with Crippen LogP contribution in [0, 0.1) is 18.3 Å². The van der Waals surface area contributed by atoms with Gasteiger partial charge in [0.25, 0.3) is 0 Å². The zero-order valence-electron chi connectivity index (χ0n) is 8.03. The minimum absolute atomic E-state index is 0.0709. The minimum Gasteiger partial charge on any atom is -0.445 e. The topological polar surface area (TPSA) is 41.6 Å². The molecule has 0 aromatic rings. The van der Waals surface area contributed by atoms with Gasteiger partial charge in [-0.2, -0.15) is 0 Å². The molecule has 0 aromatic carbocycles. The fraction of sp³-hybridized carbons (Fsp3) is 0.700. The van der Waals surface area contributed by atoms with Crippen molar-refractivity contribution < 1.29 is 9.53 Å². The zero-order chi connectivity index (χ0) is 9.97. The molecule has 3 atom stereocenters. The van der Waals surface area contributed by atoms with E-state index in [0.717, 1.165) is 26.1 Å². The van der Waals surface area contributed by atoms with Crippen molar-refractivity contribution in [3.8, 4) is 12.3 Å². The number of carbonyl (C=O) groups excluding carboxylic acids is 1. The van der Waals surface area contributed by atoms with Gasteiger partial charge in [0.2, 0.25) is 0 Å². The Hall–Kier alpha value is -1.21. The smallest absolute Gasteiger partial charge is 0.408 e. The number of hydrogen-bond donors (Lipinski definition) is 1. The summed E-state index contributed by atoms with van der Waals surface area (Å²) in [6.07, 6.45) is 5.85. The van der Waals surface area contributed by atoms with E-state index in [-0.39, 0.29) is 18.7 Å². The summed E-state index contributed by atoms with van der Waals surface area (Å²) in [5.41, 5.74) is 0. The maximum atomic E-state index is 11.2. The molecular formula is C10H14N2O2. The second kappa shape index (κ2) is 3.89. The van der Waals surface area contributed by atoms with E-state index in [1.807, 2.05) is 0 Å². The molecule has 0 spiro atoms. The molecule has 2 heterocycles. The Kier molecular flexibility index (Phi) is 2.60. The molecule has 76 valence electrons. The van der Waals surface area contributed by atoms with Crippen LogP contribution in [0.15, 0.2) is 0 Å². The van der Waals surface area contributed by atoms with E-state index >= 15 is 0 Å². The summed E-state index contributed by atoms with van der Waals surface area (Å²) in [6.45, 7) is 3.34. The van der Waals surface area contributed by atoms with E-state index in [2.05, 4.69) is 16.1 Å². The predicted molar refractivity (Wildman–Crippen MR) is 51.7 cm³/mol. The third-order valence-corrected chi connectivity index (χ3v) is 2.87. The van der Waals surface area contributed by atoms with Crippen molar-refractivity contribution in [2.75, 3.05) is 26.2 Å². The van der Waals surface area contributed by atoms with Crippen LogP contribution in [0.3, 0.4) is 0 Å². The minimum atomic E-state index is -0.387. The standard InChI is InChI=1S/C10H14N2O2/c1-2-4-11-10(13)14-9-7-12-5-3-8(9)6-12/h1,8-9H,3-7H2,(H,11,13). The van der Waals surface area contributed by atoms with E-state index in [1.54, 1.807) is 0 Å². The number of nitrogens with one attached hydrogen (secondary N) is 1. The van der Waals surface area contributed by atoms with Gasteiger partial charge in [-0.15, -0.1) is 6.42 Å². The number of piperidine rings is 1. The molecule has 0 aliphatic carbocycles. The molecule has 2 bridgehead atoms. The number of terminal acetylenes is 1. The van der Waals surface area contributed by atoms with Crippen LogP contribution >= 0.6 is 0 Å². The Morgan fingerprint density at radius 2 is 2.50 bits per heavy atom. The van der Waals surface area contributed by atoms with Crippen molar-refractivity contribution in [1.82, 2.24) is 10.2 Å². The molecule has 0 aromatic heterocycles. The van der Waals surface area contributed by atoms with Crippen molar-refractivity contribution in [3.05, 3.63) is 0 Å². The number of ether oxygens (including phenoxy) is 1. The van der Waals surface area contributed by atoms with E-state index in [4.69, 9.17) is 11.2 Å². The molecule has 2 rings (SSSR count). The molecule has 2 aliphatic heterocycles. The maximum Gasteiger partial charge on any atom is 0.408 e. The molecule has 14 heavy (non-hydrogen) atoms. The number of rotatable bonds is 2. The van der Waals surface area contributed by atoms with Crippen molar-refractivity contribution in [3.63, 3.8) is 0 Å².